The van der Waals surface area contributed by atoms with Crippen molar-refractivity contribution in [3.05, 3.63) is 0 Å². The van der Waals surface area contributed by atoms with Gasteiger partial charge >= 0.3 is 12.1 Å². The lowest BCUT2D eigenvalue weighted by atomic mass is 10.3. The standard InChI is InChI=1S/C11H22N4O3/c1-6-7-8-12-10(16)15(4)9(14(2)3)13-11(17)18-5/h6-8H2,1-5H3,(H,12,16)/b13-9-. The molecule has 0 radical (unpaired) electrons. The zero-order valence-corrected chi connectivity index (χ0v) is 11.7. The summed E-state index contributed by atoms with van der Waals surface area (Å²) in [6, 6.07) is -0.306. The highest BCUT2D eigenvalue weighted by Gasteiger charge is 2.17. The van der Waals surface area contributed by atoms with Crippen LogP contribution in [0, 0.1) is 0 Å². The quantitative estimate of drug-likeness (QED) is 0.467. The van der Waals surface area contributed by atoms with E-state index in [1.54, 1.807) is 26.0 Å². The normalized spacial score (nSPS) is 10.8. The number of ether oxygens (including phenoxy) is 1. The van der Waals surface area contributed by atoms with Crippen molar-refractivity contribution in [3.63, 3.8) is 0 Å². The number of guanidine groups is 1. The number of urea groups is 1. The number of carbonyl (C=O) groups excluding carboxylic acids is 2. The van der Waals surface area contributed by atoms with Crippen molar-refractivity contribution >= 4 is 18.1 Å². The molecule has 0 aliphatic carbocycles. The molecule has 0 aromatic carbocycles. The number of nitrogens with one attached hydrogen (secondary N) is 1. The van der Waals surface area contributed by atoms with E-state index in [0.717, 1.165) is 12.8 Å². The number of carbonyl (C=O) groups is 2. The Kier molecular flexibility index (Phi) is 7.50. The molecule has 0 aliphatic heterocycles. The van der Waals surface area contributed by atoms with Crippen LogP contribution in [0.15, 0.2) is 4.99 Å². The van der Waals surface area contributed by atoms with Crippen LogP contribution >= 0.6 is 0 Å². The van der Waals surface area contributed by atoms with E-state index in [9.17, 15) is 9.59 Å². The maximum Gasteiger partial charge on any atom is 0.436 e. The molecule has 7 nitrogen and oxygen atoms in total. The predicted octanol–water partition coefficient (Wildman–Crippen LogP) is 1.11. The summed E-state index contributed by atoms with van der Waals surface area (Å²) in [5, 5.41) is 2.74. The largest absolute Gasteiger partial charge is 0.451 e. The fourth-order valence-corrected chi connectivity index (χ4v) is 1.18. The van der Waals surface area contributed by atoms with Gasteiger partial charge in [0.05, 0.1) is 7.11 Å². The van der Waals surface area contributed by atoms with Gasteiger partial charge in [-0.3, -0.25) is 4.90 Å². The highest BCUT2D eigenvalue weighted by atomic mass is 16.5. The molecule has 3 amide bonds. The van der Waals surface area contributed by atoms with Crippen molar-refractivity contribution < 1.29 is 14.3 Å². The van der Waals surface area contributed by atoms with Gasteiger partial charge in [0.2, 0.25) is 5.96 Å². The van der Waals surface area contributed by atoms with Gasteiger partial charge in [0, 0.05) is 27.7 Å². The van der Waals surface area contributed by atoms with Crippen LogP contribution in [-0.4, -0.2) is 62.7 Å². The minimum atomic E-state index is -0.744. The van der Waals surface area contributed by atoms with Crippen molar-refractivity contribution in [2.45, 2.75) is 19.8 Å². The van der Waals surface area contributed by atoms with Crippen molar-refractivity contribution in [2.24, 2.45) is 4.99 Å². The van der Waals surface area contributed by atoms with Crippen molar-refractivity contribution in [1.29, 1.82) is 0 Å². The fraction of sp³-hybridized carbons (Fsp3) is 0.727. The van der Waals surface area contributed by atoms with Crippen LogP contribution in [0.25, 0.3) is 0 Å². The second-order valence-corrected chi connectivity index (χ2v) is 3.92. The van der Waals surface area contributed by atoms with Gasteiger partial charge in [0.15, 0.2) is 0 Å². The van der Waals surface area contributed by atoms with Crippen LogP contribution in [0.5, 0.6) is 0 Å². The topological polar surface area (TPSA) is 74.2 Å². The molecule has 0 bridgehead atoms. The maximum atomic E-state index is 11.8. The zero-order chi connectivity index (χ0) is 14.1. The van der Waals surface area contributed by atoms with Gasteiger partial charge in [-0.25, -0.2) is 9.59 Å². The summed E-state index contributed by atoms with van der Waals surface area (Å²) in [4.78, 5) is 29.4. The van der Waals surface area contributed by atoms with Crippen LogP contribution in [0.4, 0.5) is 9.59 Å². The van der Waals surface area contributed by atoms with Gasteiger partial charge in [-0.15, -0.1) is 4.99 Å². The number of hydrogen-bond donors (Lipinski definition) is 1. The average Bonchev–Trinajstić information content (AvgIpc) is 2.34. The second kappa shape index (κ2) is 8.32. The number of aliphatic imine (C=N–C) groups is 1. The predicted molar refractivity (Wildman–Crippen MR) is 69.6 cm³/mol. The fourth-order valence-electron chi connectivity index (χ4n) is 1.18. The van der Waals surface area contributed by atoms with E-state index in [-0.39, 0.29) is 12.0 Å². The second-order valence-electron chi connectivity index (χ2n) is 3.92. The van der Waals surface area contributed by atoms with Crippen LogP contribution < -0.4 is 5.32 Å². The number of rotatable bonds is 3. The summed E-state index contributed by atoms with van der Waals surface area (Å²) in [7, 11) is 6.17. The molecule has 0 rings (SSSR count). The lowest BCUT2D eigenvalue weighted by Crippen LogP contribution is -2.47. The van der Waals surface area contributed by atoms with E-state index in [4.69, 9.17) is 0 Å². The molecule has 0 aromatic heterocycles. The minimum Gasteiger partial charge on any atom is -0.451 e. The van der Waals surface area contributed by atoms with E-state index in [0.29, 0.717) is 6.54 Å². The molecule has 0 heterocycles. The molecular weight excluding hydrogens is 236 g/mol. The Morgan fingerprint density at radius 3 is 2.33 bits per heavy atom. The molecule has 0 saturated carbocycles. The smallest absolute Gasteiger partial charge is 0.436 e. The zero-order valence-electron chi connectivity index (χ0n) is 11.7. The van der Waals surface area contributed by atoms with Crippen LogP contribution in [0.2, 0.25) is 0 Å². The third-order valence-electron chi connectivity index (χ3n) is 2.18. The Labute approximate surface area is 108 Å². The summed E-state index contributed by atoms with van der Waals surface area (Å²) in [5.41, 5.74) is 0. The van der Waals surface area contributed by atoms with E-state index in [2.05, 4.69) is 15.0 Å². The molecule has 0 atom stereocenters. The molecule has 0 saturated heterocycles. The van der Waals surface area contributed by atoms with E-state index >= 15 is 0 Å². The summed E-state index contributed by atoms with van der Waals surface area (Å²) in [6.07, 6.45) is 1.16. The average molecular weight is 258 g/mol. The Bertz CT molecular complexity index is 315. The van der Waals surface area contributed by atoms with Crippen LogP contribution in [0.3, 0.4) is 0 Å². The third-order valence-corrected chi connectivity index (χ3v) is 2.18. The van der Waals surface area contributed by atoms with Crippen molar-refractivity contribution in [1.82, 2.24) is 15.1 Å². The van der Waals surface area contributed by atoms with Crippen LogP contribution in [0.1, 0.15) is 19.8 Å². The summed E-state index contributed by atoms with van der Waals surface area (Å²) in [5.74, 6) is 0.218. The van der Waals surface area contributed by atoms with Crippen LogP contribution in [-0.2, 0) is 4.74 Å². The lowest BCUT2D eigenvalue weighted by molar-refractivity contribution is 0.181. The molecule has 104 valence electrons. The Morgan fingerprint density at radius 1 is 1.28 bits per heavy atom. The third kappa shape index (κ3) is 5.51. The summed E-state index contributed by atoms with van der Waals surface area (Å²) >= 11 is 0. The van der Waals surface area contributed by atoms with E-state index in [1.807, 2.05) is 6.92 Å². The molecule has 0 aliphatic rings. The number of nitrogens with zero attached hydrogens (tertiary/aromatic N) is 3. The number of amides is 3. The van der Waals surface area contributed by atoms with Gasteiger partial charge in [-0.1, -0.05) is 13.3 Å². The molecule has 0 aromatic rings. The first-order valence-electron chi connectivity index (χ1n) is 5.79. The van der Waals surface area contributed by atoms with Gasteiger partial charge in [-0.05, 0) is 6.42 Å². The van der Waals surface area contributed by atoms with Gasteiger partial charge in [-0.2, -0.15) is 0 Å². The number of methoxy groups -OCH3 is 1. The minimum absolute atomic E-state index is 0.218. The number of unbranched alkanes of at least 4 members (excludes halogenated alkanes) is 1. The van der Waals surface area contributed by atoms with Gasteiger partial charge in [0.1, 0.15) is 0 Å². The van der Waals surface area contributed by atoms with E-state index < -0.39 is 6.09 Å². The molecule has 0 unspecified atom stereocenters. The SMILES string of the molecule is CCCCNC(=O)N(C)/C(=N\C(=O)OC)N(C)C. The lowest BCUT2D eigenvalue weighted by Gasteiger charge is -2.24. The Morgan fingerprint density at radius 2 is 1.89 bits per heavy atom. The maximum absolute atomic E-state index is 11.8. The van der Waals surface area contributed by atoms with Crippen molar-refractivity contribution in [2.75, 3.05) is 34.8 Å². The first-order chi connectivity index (χ1) is 8.43. The summed E-state index contributed by atoms with van der Waals surface area (Å²) in [6.45, 7) is 2.64. The highest BCUT2D eigenvalue weighted by molar-refractivity contribution is 5.99. The first kappa shape index (κ1) is 16.2. The Balaban J connectivity index is 4.66. The van der Waals surface area contributed by atoms with Gasteiger partial charge in [0.25, 0.3) is 0 Å². The Hall–Kier alpha value is -1.79. The molecule has 0 spiro atoms. The van der Waals surface area contributed by atoms with Gasteiger partial charge < -0.3 is 15.0 Å². The van der Waals surface area contributed by atoms with E-state index in [1.165, 1.54) is 12.0 Å². The molecule has 18 heavy (non-hydrogen) atoms. The molecule has 1 N–H and O–H groups in total. The first-order valence-corrected chi connectivity index (χ1v) is 5.79. The molecular formula is C11H22N4O3. The molecule has 7 heteroatoms. The number of hydrogen-bond acceptors (Lipinski definition) is 3. The summed E-state index contributed by atoms with van der Waals surface area (Å²) < 4.78 is 4.45. The monoisotopic (exact) mass is 258 g/mol. The van der Waals surface area contributed by atoms with Crippen molar-refractivity contribution in [3.8, 4) is 0 Å². The highest BCUT2D eigenvalue weighted by Crippen LogP contribution is 1.96. The molecule has 0 fully saturated rings.